The van der Waals surface area contributed by atoms with Gasteiger partial charge in [0.05, 0.1) is 19.8 Å². The third kappa shape index (κ3) is 7.45. The van der Waals surface area contributed by atoms with E-state index in [0.29, 0.717) is 45.2 Å². The van der Waals surface area contributed by atoms with E-state index in [9.17, 15) is 19.9 Å². The Labute approximate surface area is 298 Å². The van der Waals surface area contributed by atoms with Gasteiger partial charge in [-0.1, -0.05) is 47.5 Å². The van der Waals surface area contributed by atoms with Gasteiger partial charge in [-0.25, -0.2) is 14.0 Å². The lowest BCUT2D eigenvalue weighted by Crippen LogP contribution is -2.52. The number of methoxy groups -OCH3 is 2. The van der Waals surface area contributed by atoms with Gasteiger partial charge in [0, 0.05) is 29.3 Å². The van der Waals surface area contributed by atoms with E-state index >= 15 is 4.39 Å². The molecule has 10 nitrogen and oxygen atoms in total. The third-order valence-electron chi connectivity index (χ3n) is 9.56. The normalized spacial score (nSPS) is 19.3. The van der Waals surface area contributed by atoms with Crippen LogP contribution in [0.25, 0.3) is 0 Å². The van der Waals surface area contributed by atoms with Crippen molar-refractivity contribution < 1.29 is 38.0 Å². The standard InChI is InChI=1S/C37H36Cl2FN3O7/c1-48-32-10-7-22(15-33(32)49-2)26(17-28-29(38)18-43(47)19-30(28)39)27-16-23(8-9-24(27)36(44)45)41-35(25-5-3-4-6-31(25)40)37(46)50-34-20-42-13-11-21(34)12-14-42/h3-10,15-16,18-19,21,26,34-35,41H,11-14,17,20H2,1-2H3,(H,44,45)/t26?,34-,35?/m0/s1. The molecule has 4 heterocycles. The van der Waals surface area contributed by atoms with Gasteiger partial charge in [-0.15, -0.1) is 0 Å². The number of halogens is 3. The summed E-state index contributed by atoms with van der Waals surface area (Å²) in [5.74, 6) is -2.05. The maximum Gasteiger partial charge on any atom is 0.335 e. The summed E-state index contributed by atoms with van der Waals surface area (Å²) in [6.45, 7) is 2.55. The molecule has 0 saturated carbocycles. The Bertz CT molecular complexity index is 1880. The number of hydrogen-bond donors (Lipinski definition) is 2. The van der Waals surface area contributed by atoms with E-state index in [-0.39, 0.29) is 39.6 Å². The SMILES string of the molecule is COc1ccc(C(Cc2c(Cl)c[n+]([O-])cc2Cl)c2cc(NC(C(=O)O[C@H]3CN4CCC3CC4)c3ccccc3F)ccc2C(=O)O)cc1OC. The van der Waals surface area contributed by atoms with Crippen LogP contribution in [0.2, 0.25) is 10.0 Å². The summed E-state index contributed by atoms with van der Waals surface area (Å²) in [6, 6.07) is 14.5. The number of aromatic nitrogens is 1. The first-order chi connectivity index (χ1) is 24.1. The van der Waals surface area contributed by atoms with Gasteiger partial charge in [0.25, 0.3) is 0 Å². The van der Waals surface area contributed by atoms with Crippen LogP contribution in [0.5, 0.6) is 11.5 Å². The third-order valence-corrected chi connectivity index (χ3v) is 10.2. The molecule has 3 saturated heterocycles. The summed E-state index contributed by atoms with van der Waals surface area (Å²) in [5.41, 5.74) is 1.78. The van der Waals surface area contributed by atoms with Crippen molar-refractivity contribution in [3.8, 4) is 11.5 Å². The number of carboxylic acid groups (broad SMARTS) is 1. The number of nitrogens with one attached hydrogen (secondary N) is 1. The lowest BCUT2D eigenvalue weighted by atomic mass is 9.83. The minimum Gasteiger partial charge on any atom is -0.619 e. The fourth-order valence-corrected chi connectivity index (χ4v) is 7.54. The van der Waals surface area contributed by atoms with Crippen molar-refractivity contribution in [2.24, 2.45) is 5.92 Å². The Morgan fingerprint density at radius 3 is 2.32 bits per heavy atom. The van der Waals surface area contributed by atoms with Crippen molar-refractivity contribution in [3.05, 3.63) is 122 Å². The molecule has 2 bridgehead atoms. The molecule has 0 aliphatic carbocycles. The maximum atomic E-state index is 15.3. The fourth-order valence-electron chi connectivity index (χ4n) is 6.94. The molecule has 2 N–H and O–H groups in total. The summed E-state index contributed by atoms with van der Waals surface area (Å²) >= 11 is 13.0. The van der Waals surface area contributed by atoms with Gasteiger partial charge in [0.15, 0.2) is 29.9 Å². The first-order valence-electron chi connectivity index (χ1n) is 16.2. The van der Waals surface area contributed by atoms with E-state index in [1.807, 2.05) is 0 Å². The summed E-state index contributed by atoms with van der Waals surface area (Å²) in [5, 5.41) is 25.8. The van der Waals surface area contributed by atoms with Crippen LogP contribution >= 0.6 is 23.2 Å². The zero-order valence-electron chi connectivity index (χ0n) is 27.4. The molecule has 3 aliphatic rings. The predicted molar refractivity (Wildman–Crippen MR) is 186 cm³/mol. The molecule has 1 aromatic heterocycles. The molecular weight excluding hydrogens is 688 g/mol. The van der Waals surface area contributed by atoms with Crippen molar-refractivity contribution >= 4 is 40.8 Å². The zero-order valence-corrected chi connectivity index (χ0v) is 28.9. The van der Waals surface area contributed by atoms with Gasteiger partial charge in [-0.3, -0.25) is 4.90 Å². The van der Waals surface area contributed by atoms with Crippen molar-refractivity contribution in [1.29, 1.82) is 0 Å². The molecule has 4 aromatic rings. The number of aromatic carboxylic acids is 1. The molecule has 13 heteroatoms. The van der Waals surface area contributed by atoms with Crippen LogP contribution in [0.1, 0.15) is 57.4 Å². The molecular formula is C37H36Cl2FN3O7. The molecule has 7 rings (SSSR count). The van der Waals surface area contributed by atoms with E-state index in [1.54, 1.807) is 30.3 Å². The summed E-state index contributed by atoms with van der Waals surface area (Å²) in [7, 11) is 2.99. The number of carboxylic acids is 1. The molecule has 3 atom stereocenters. The van der Waals surface area contributed by atoms with Gasteiger partial charge in [0.2, 0.25) is 0 Å². The summed E-state index contributed by atoms with van der Waals surface area (Å²) < 4.78 is 32.8. The average Bonchev–Trinajstić information content (AvgIpc) is 3.10. The fraction of sp³-hybridized carbons (Fsp3) is 0.324. The Morgan fingerprint density at radius 1 is 1.00 bits per heavy atom. The van der Waals surface area contributed by atoms with E-state index < -0.39 is 29.7 Å². The monoisotopic (exact) mass is 723 g/mol. The Morgan fingerprint density at radius 2 is 1.70 bits per heavy atom. The van der Waals surface area contributed by atoms with E-state index in [2.05, 4.69) is 10.2 Å². The van der Waals surface area contributed by atoms with E-state index in [0.717, 1.165) is 25.9 Å². The average molecular weight is 725 g/mol. The highest BCUT2D eigenvalue weighted by Gasteiger charge is 2.38. The molecule has 3 fully saturated rings. The second-order valence-electron chi connectivity index (χ2n) is 12.5. The highest BCUT2D eigenvalue weighted by Crippen LogP contribution is 2.40. The molecule has 0 spiro atoms. The first-order valence-corrected chi connectivity index (χ1v) is 16.9. The van der Waals surface area contributed by atoms with E-state index in [4.69, 9.17) is 37.4 Å². The first kappa shape index (κ1) is 35.3. The molecule has 262 valence electrons. The number of carbonyl (C=O) groups is 2. The van der Waals surface area contributed by atoms with Crippen molar-refractivity contribution in [2.45, 2.75) is 37.3 Å². The highest BCUT2D eigenvalue weighted by molar-refractivity contribution is 6.35. The number of pyridine rings is 1. The van der Waals surface area contributed by atoms with Gasteiger partial charge in [-0.2, -0.15) is 4.73 Å². The summed E-state index contributed by atoms with van der Waals surface area (Å²) in [6.07, 6.45) is 3.97. The van der Waals surface area contributed by atoms with Crippen LogP contribution in [0.3, 0.4) is 0 Å². The van der Waals surface area contributed by atoms with E-state index in [1.165, 1.54) is 56.9 Å². The van der Waals surface area contributed by atoms with Crippen molar-refractivity contribution in [1.82, 2.24) is 4.90 Å². The Balaban J connectivity index is 1.43. The molecule has 0 amide bonds. The van der Waals surface area contributed by atoms with Crippen LogP contribution in [0.15, 0.2) is 73.1 Å². The number of carbonyl (C=O) groups excluding carboxylic acids is 1. The quantitative estimate of drug-likeness (QED) is 0.0940. The number of anilines is 1. The lowest BCUT2D eigenvalue weighted by molar-refractivity contribution is -0.605. The van der Waals surface area contributed by atoms with Crippen LogP contribution in [0, 0.1) is 16.9 Å². The van der Waals surface area contributed by atoms with Gasteiger partial charge in [0.1, 0.15) is 22.0 Å². The number of fused-ring (bicyclic) bond motifs is 3. The number of benzene rings is 3. The maximum absolute atomic E-state index is 15.3. The molecule has 3 aromatic carbocycles. The minimum absolute atomic E-state index is 0.0327. The molecule has 2 unspecified atom stereocenters. The second-order valence-corrected chi connectivity index (χ2v) is 13.3. The van der Waals surface area contributed by atoms with Crippen molar-refractivity contribution in [3.63, 3.8) is 0 Å². The van der Waals surface area contributed by atoms with Gasteiger partial charge < -0.3 is 29.8 Å². The Kier molecular flexibility index (Phi) is 10.7. The second kappa shape index (κ2) is 15.1. The summed E-state index contributed by atoms with van der Waals surface area (Å²) in [4.78, 5) is 28.9. The Hall–Kier alpha value is -4.58. The van der Waals surface area contributed by atoms with Gasteiger partial charge in [-0.05, 0) is 85.8 Å². The lowest BCUT2D eigenvalue weighted by Gasteiger charge is -2.44. The number of ether oxygens (including phenoxy) is 3. The van der Waals surface area contributed by atoms with Crippen LogP contribution in [-0.2, 0) is 16.0 Å². The van der Waals surface area contributed by atoms with Crippen LogP contribution in [0.4, 0.5) is 10.1 Å². The molecule has 50 heavy (non-hydrogen) atoms. The number of piperidine rings is 3. The van der Waals surface area contributed by atoms with Crippen LogP contribution in [-0.4, -0.2) is 61.9 Å². The predicted octanol–water partition coefficient (Wildman–Crippen LogP) is 6.65. The highest BCUT2D eigenvalue weighted by atomic mass is 35.5. The molecule has 0 radical (unpaired) electrons. The topological polar surface area (TPSA) is 124 Å². The number of nitrogens with zero attached hydrogens (tertiary/aromatic N) is 2. The number of esters is 1. The van der Waals surface area contributed by atoms with Crippen molar-refractivity contribution in [2.75, 3.05) is 39.2 Å². The molecule has 3 aliphatic heterocycles. The smallest absolute Gasteiger partial charge is 0.335 e. The minimum atomic E-state index is -1.24. The number of hydrogen-bond acceptors (Lipinski definition) is 8. The van der Waals surface area contributed by atoms with Crippen LogP contribution < -0.4 is 19.5 Å². The van der Waals surface area contributed by atoms with Gasteiger partial charge >= 0.3 is 11.9 Å². The number of rotatable bonds is 12. The largest absolute Gasteiger partial charge is 0.619 e. The zero-order chi connectivity index (χ0) is 35.5.